The maximum Gasteiger partial charge on any atom is 0.410 e. The van der Waals surface area contributed by atoms with Gasteiger partial charge < -0.3 is 19.3 Å². The maximum absolute atomic E-state index is 12.2. The molecule has 2 heterocycles. The number of allylic oxidation sites excluding steroid dienone is 1. The third-order valence-electron chi connectivity index (χ3n) is 5.12. The molecule has 1 aromatic carbocycles. The molecular weight excluding hydrogens is 356 g/mol. The van der Waals surface area contributed by atoms with Crippen LogP contribution in [0.2, 0.25) is 0 Å². The minimum atomic E-state index is -0.456. The van der Waals surface area contributed by atoms with Crippen LogP contribution in [0.5, 0.6) is 5.75 Å². The molecule has 2 aromatic rings. The summed E-state index contributed by atoms with van der Waals surface area (Å²) in [4.78, 5) is 14.0. The fourth-order valence-electron chi connectivity index (χ4n) is 3.64. The Hall–Kier alpha value is -2.50. The van der Waals surface area contributed by atoms with E-state index in [9.17, 15) is 9.90 Å². The van der Waals surface area contributed by atoms with Gasteiger partial charge in [0.05, 0.1) is 11.3 Å². The average Bonchev–Trinajstić information content (AvgIpc) is 3.04. The fourth-order valence-corrected chi connectivity index (χ4v) is 3.64. The SMILES string of the molecule is C/C=C\c1c(O)ccc2c(CCC3CCN(C(=O)OC(C)(C)C)CC3)noc12. The maximum atomic E-state index is 12.2. The first-order valence-electron chi connectivity index (χ1n) is 9.99. The number of fused-ring (bicyclic) bond motifs is 1. The van der Waals surface area contributed by atoms with Gasteiger partial charge in [-0.3, -0.25) is 0 Å². The van der Waals surface area contributed by atoms with Crippen LogP contribution in [0.1, 0.15) is 58.2 Å². The predicted molar refractivity (Wildman–Crippen MR) is 109 cm³/mol. The van der Waals surface area contributed by atoms with Crippen LogP contribution in [0.25, 0.3) is 17.0 Å². The van der Waals surface area contributed by atoms with Crippen molar-refractivity contribution < 1.29 is 19.2 Å². The van der Waals surface area contributed by atoms with Crippen molar-refractivity contribution in [2.75, 3.05) is 13.1 Å². The summed E-state index contributed by atoms with van der Waals surface area (Å²) in [6.07, 6.45) is 7.26. The van der Waals surface area contributed by atoms with Gasteiger partial charge in [-0.2, -0.15) is 0 Å². The Bertz CT molecular complexity index is 855. The molecule has 1 aliphatic heterocycles. The lowest BCUT2D eigenvalue weighted by Crippen LogP contribution is -2.41. The lowest BCUT2D eigenvalue weighted by molar-refractivity contribution is 0.0181. The van der Waals surface area contributed by atoms with Crippen LogP contribution < -0.4 is 0 Å². The van der Waals surface area contributed by atoms with E-state index in [4.69, 9.17) is 9.26 Å². The highest BCUT2D eigenvalue weighted by Gasteiger charge is 2.27. The summed E-state index contributed by atoms with van der Waals surface area (Å²) < 4.78 is 11.0. The molecule has 1 N–H and O–H groups in total. The molecule has 3 rings (SSSR count). The number of phenols is 1. The van der Waals surface area contributed by atoms with E-state index in [1.165, 1.54) is 0 Å². The van der Waals surface area contributed by atoms with Gasteiger partial charge in [0, 0.05) is 18.5 Å². The van der Waals surface area contributed by atoms with Crippen molar-refractivity contribution in [3.05, 3.63) is 29.5 Å². The quantitative estimate of drug-likeness (QED) is 0.787. The Labute approximate surface area is 166 Å². The number of likely N-dealkylation sites (tertiary alicyclic amines) is 1. The Kier molecular flexibility index (Phi) is 5.96. The number of phenolic OH excluding ortho intramolecular Hbond substituents is 1. The van der Waals surface area contributed by atoms with Crippen molar-refractivity contribution in [1.29, 1.82) is 0 Å². The normalized spacial score (nSPS) is 16.2. The number of nitrogens with zero attached hydrogens (tertiary/aromatic N) is 2. The Morgan fingerprint density at radius 3 is 2.71 bits per heavy atom. The molecule has 0 radical (unpaired) electrons. The molecule has 0 bridgehead atoms. The molecule has 0 saturated carbocycles. The molecule has 6 heteroatoms. The Morgan fingerprint density at radius 2 is 2.07 bits per heavy atom. The standard InChI is InChI=1S/C22H30N2O4/c1-5-6-17-19(25)10-8-16-18(23-28-20(16)17)9-7-15-11-13-24(14-12-15)21(26)27-22(2,3)4/h5-6,8,10,15,25H,7,9,11-14H2,1-4H3/b6-5-. The molecule has 0 spiro atoms. The summed E-state index contributed by atoms with van der Waals surface area (Å²) in [5.41, 5.74) is 1.77. The van der Waals surface area contributed by atoms with Crippen LogP contribution in [0.4, 0.5) is 4.79 Å². The van der Waals surface area contributed by atoms with Crippen molar-refractivity contribution in [3.63, 3.8) is 0 Å². The van der Waals surface area contributed by atoms with Crippen molar-refractivity contribution in [2.45, 2.75) is 59.0 Å². The zero-order chi connectivity index (χ0) is 20.3. The summed E-state index contributed by atoms with van der Waals surface area (Å²) in [6.45, 7) is 9.04. The number of carbonyl (C=O) groups excluding carboxylic acids is 1. The van der Waals surface area contributed by atoms with E-state index in [0.717, 1.165) is 49.9 Å². The number of aromatic hydroxyl groups is 1. The van der Waals surface area contributed by atoms with E-state index in [2.05, 4.69) is 5.16 Å². The Morgan fingerprint density at radius 1 is 1.36 bits per heavy atom. The van der Waals surface area contributed by atoms with Crippen LogP contribution in [-0.4, -0.2) is 39.9 Å². The van der Waals surface area contributed by atoms with Crippen LogP contribution in [-0.2, 0) is 11.2 Å². The fraction of sp³-hybridized carbons (Fsp3) is 0.545. The molecule has 0 atom stereocenters. The Balaban J connectivity index is 1.58. The van der Waals surface area contributed by atoms with E-state index < -0.39 is 5.60 Å². The number of ether oxygens (including phenoxy) is 1. The van der Waals surface area contributed by atoms with Crippen LogP contribution in [0, 0.1) is 5.92 Å². The second-order valence-electron chi connectivity index (χ2n) is 8.45. The van der Waals surface area contributed by atoms with E-state index in [1.807, 2.05) is 45.9 Å². The smallest absolute Gasteiger partial charge is 0.410 e. The number of aromatic nitrogens is 1. The predicted octanol–water partition coefficient (Wildman–Crippen LogP) is 5.15. The van der Waals surface area contributed by atoms with E-state index >= 15 is 0 Å². The summed E-state index contributed by atoms with van der Waals surface area (Å²) in [7, 11) is 0. The monoisotopic (exact) mass is 386 g/mol. The zero-order valence-electron chi connectivity index (χ0n) is 17.2. The van der Waals surface area contributed by atoms with Gasteiger partial charge in [-0.05, 0) is 71.4 Å². The number of amides is 1. The summed E-state index contributed by atoms with van der Waals surface area (Å²) in [5, 5.41) is 15.2. The van der Waals surface area contributed by atoms with Gasteiger partial charge in [-0.15, -0.1) is 0 Å². The number of aryl methyl sites for hydroxylation is 1. The van der Waals surface area contributed by atoms with Gasteiger partial charge in [0.25, 0.3) is 0 Å². The molecule has 1 aromatic heterocycles. The van der Waals surface area contributed by atoms with Gasteiger partial charge in [0.15, 0.2) is 5.58 Å². The second-order valence-corrected chi connectivity index (χ2v) is 8.45. The van der Waals surface area contributed by atoms with Crippen molar-refractivity contribution in [2.24, 2.45) is 5.92 Å². The summed E-state index contributed by atoms with van der Waals surface area (Å²) in [6, 6.07) is 3.56. The molecule has 6 nitrogen and oxygen atoms in total. The first-order valence-corrected chi connectivity index (χ1v) is 9.99. The van der Waals surface area contributed by atoms with Gasteiger partial charge in [-0.25, -0.2) is 4.79 Å². The zero-order valence-corrected chi connectivity index (χ0v) is 17.2. The van der Waals surface area contributed by atoms with Gasteiger partial charge in [0.1, 0.15) is 11.4 Å². The molecule has 28 heavy (non-hydrogen) atoms. The lowest BCUT2D eigenvalue weighted by atomic mass is 9.91. The number of rotatable bonds is 4. The first kappa shape index (κ1) is 20.2. The minimum Gasteiger partial charge on any atom is -0.507 e. The molecule has 0 unspecified atom stereocenters. The third-order valence-corrected chi connectivity index (χ3v) is 5.12. The van der Waals surface area contributed by atoms with Crippen molar-refractivity contribution >= 4 is 23.1 Å². The third kappa shape index (κ3) is 4.66. The van der Waals surface area contributed by atoms with E-state index in [1.54, 1.807) is 11.0 Å². The van der Waals surface area contributed by atoms with Gasteiger partial charge in [0.2, 0.25) is 0 Å². The minimum absolute atomic E-state index is 0.197. The highest BCUT2D eigenvalue weighted by atomic mass is 16.6. The molecule has 1 aliphatic rings. The van der Waals surface area contributed by atoms with E-state index in [-0.39, 0.29) is 11.8 Å². The molecular formula is C22H30N2O4. The van der Waals surface area contributed by atoms with Crippen molar-refractivity contribution in [1.82, 2.24) is 10.1 Å². The summed E-state index contributed by atoms with van der Waals surface area (Å²) >= 11 is 0. The molecule has 0 aliphatic carbocycles. The van der Waals surface area contributed by atoms with Gasteiger partial charge in [-0.1, -0.05) is 17.3 Å². The number of hydrogen-bond donors (Lipinski definition) is 1. The number of carbonyl (C=O) groups is 1. The largest absolute Gasteiger partial charge is 0.507 e. The van der Waals surface area contributed by atoms with Crippen LogP contribution in [0.15, 0.2) is 22.7 Å². The topological polar surface area (TPSA) is 75.8 Å². The van der Waals surface area contributed by atoms with Gasteiger partial charge >= 0.3 is 6.09 Å². The van der Waals surface area contributed by atoms with Crippen molar-refractivity contribution in [3.8, 4) is 5.75 Å². The average molecular weight is 386 g/mol. The van der Waals surface area contributed by atoms with Crippen LogP contribution >= 0.6 is 0 Å². The lowest BCUT2D eigenvalue weighted by Gasteiger charge is -2.33. The highest BCUT2D eigenvalue weighted by molar-refractivity contribution is 5.89. The highest BCUT2D eigenvalue weighted by Crippen LogP contribution is 2.32. The second kappa shape index (κ2) is 8.25. The molecule has 1 amide bonds. The summed E-state index contributed by atoms with van der Waals surface area (Å²) in [5.74, 6) is 0.750. The molecule has 152 valence electrons. The van der Waals surface area contributed by atoms with E-state index in [0.29, 0.717) is 17.1 Å². The number of piperidine rings is 1. The number of hydrogen-bond acceptors (Lipinski definition) is 5. The molecule has 1 fully saturated rings. The molecule has 1 saturated heterocycles. The number of benzene rings is 1. The van der Waals surface area contributed by atoms with Crippen LogP contribution in [0.3, 0.4) is 0 Å². The first-order chi connectivity index (χ1) is 13.3.